The van der Waals surface area contributed by atoms with Gasteiger partial charge in [-0.1, -0.05) is 29.8 Å². The van der Waals surface area contributed by atoms with Crippen molar-refractivity contribution in [3.8, 4) is 11.5 Å². The molecule has 4 nitrogen and oxygen atoms in total. The smallest absolute Gasteiger partial charge is 0.162 e. The van der Waals surface area contributed by atoms with Crippen LogP contribution in [0.15, 0.2) is 47.6 Å². The fourth-order valence-electron chi connectivity index (χ4n) is 1.88. The molecule has 0 spiro atoms. The molecule has 0 atom stereocenters. The van der Waals surface area contributed by atoms with Crippen molar-refractivity contribution in [1.82, 2.24) is 0 Å². The van der Waals surface area contributed by atoms with Crippen molar-refractivity contribution < 1.29 is 9.47 Å². The zero-order valence-corrected chi connectivity index (χ0v) is 13.4. The van der Waals surface area contributed by atoms with Gasteiger partial charge in [0.05, 0.1) is 30.1 Å². The van der Waals surface area contributed by atoms with Crippen molar-refractivity contribution in [3.63, 3.8) is 0 Å². The van der Waals surface area contributed by atoms with Crippen LogP contribution in [0.5, 0.6) is 11.5 Å². The summed E-state index contributed by atoms with van der Waals surface area (Å²) in [6, 6.07) is 13.3. The molecule has 0 saturated heterocycles. The number of hydrogen-bond donors (Lipinski definition) is 1. The van der Waals surface area contributed by atoms with E-state index in [1.807, 2.05) is 50.2 Å². The van der Waals surface area contributed by atoms with E-state index < -0.39 is 0 Å². The van der Waals surface area contributed by atoms with E-state index in [0.29, 0.717) is 29.7 Å². The molecule has 0 amide bonds. The Labute approximate surface area is 135 Å². The highest BCUT2D eigenvalue weighted by atomic mass is 35.5. The van der Waals surface area contributed by atoms with Crippen molar-refractivity contribution in [3.05, 3.63) is 53.1 Å². The molecule has 22 heavy (non-hydrogen) atoms. The fourth-order valence-corrected chi connectivity index (χ4v) is 2.08. The molecule has 2 aromatic rings. The molecular weight excluding hydrogens is 300 g/mol. The number of anilines is 1. The third-order valence-electron chi connectivity index (χ3n) is 2.83. The minimum Gasteiger partial charge on any atom is -0.490 e. The molecule has 0 heterocycles. The van der Waals surface area contributed by atoms with E-state index >= 15 is 0 Å². The van der Waals surface area contributed by atoms with Crippen molar-refractivity contribution in [1.29, 1.82) is 0 Å². The molecular formula is C17H19ClN2O2. The van der Waals surface area contributed by atoms with E-state index in [0.717, 1.165) is 11.3 Å². The average Bonchev–Trinajstić information content (AvgIpc) is 2.53. The Morgan fingerprint density at radius 1 is 1.05 bits per heavy atom. The standard InChI is InChI=1S/C17H19ClN2O2/c1-3-21-16-10-13(15(18)11-17(16)22-4-2)12-19-20-14-8-6-5-7-9-14/h5-12,20H,3-4H2,1-2H3. The number of hydrogen-bond acceptors (Lipinski definition) is 4. The lowest BCUT2D eigenvalue weighted by Crippen LogP contribution is -2.00. The second-order valence-electron chi connectivity index (χ2n) is 4.42. The second kappa shape index (κ2) is 8.29. The zero-order chi connectivity index (χ0) is 15.8. The molecule has 0 saturated carbocycles. The Morgan fingerprint density at radius 2 is 1.68 bits per heavy atom. The van der Waals surface area contributed by atoms with Gasteiger partial charge < -0.3 is 9.47 Å². The lowest BCUT2D eigenvalue weighted by atomic mass is 10.2. The minimum atomic E-state index is 0.555. The van der Waals surface area contributed by atoms with Gasteiger partial charge in [-0.15, -0.1) is 0 Å². The van der Waals surface area contributed by atoms with Crippen LogP contribution in [0.3, 0.4) is 0 Å². The van der Waals surface area contributed by atoms with Gasteiger partial charge >= 0.3 is 0 Å². The Kier molecular flexibility index (Phi) is 6.10. The normalized spacial score (nSPS) is 10.7. The highest BCUT2D eigenvalue weighted by Gasteiger charge is 2.09. The summed E-state index contributed by atoms with van der Waals surface area (Å²) in [5.41, 5.74) is 4.62. The molecule has 2 aromatic carbocycles. The summed E-state index contributed by atoms with van der Waals surface area (Å²) in [7, 11) is 0. The summed E-state index contributed by atoms with van der Waals surface area (Å²) >= 11 is 6.26. The molecule has 1 N–H and O–H groups in total. The Bertz CT molecular complexity index is 630. The van der Waals surface area contributed by atoms with Gasteiger partial charge in [0.2, 0.25) is 0 Å². The van der Waals surface area contributed by atoms with Crippen LogP contribution in [0.4, 0.5) is 5.69 Å². The molecule has 0 aliphatic heterocycles. The molecule has 0 fully saturated rings. The van der Waals surface area contributed by atoms with Crippen molar-refractivity contribution in [2.75, 3.05) is 18.6 Å². The number of ether oxygens (including phenoxy) is 2. The first-order chi connectivity index (χ1) is 10.7. The van der Waals surface area contributed by atoms with Gasteiger partial charge in [-0.2, -0.15) is 5.10 Å². The molecule has 0 aromatic heterocycles. The predicted octanol–water partition coefficient (Wildman–Crippen LogP) is 4.58. The number of para-hydroxylation sites is 1. The Hall–Kier alpha value is -2.20. The van der Waals surface area contributed by atoms with Gasteiger partial charge in [-0.25, -0.2) is 0 Å². The molecule has 2 rings (SSSR count). The van der Waals surface area contributed by atoms with Crippen LogP contribution in [-0.2, 0) is 0 Å². The number of nitrogens with one attached hydrogen (secondary N) is 1. The number of rotatable bonds is 7. The van der Waals surface area contributed by atoms with Crippen LogP contribution >= 0.6 is 11.6 Å². The maximum atomic E-state index is 6.26. The predicted molar refractivity (Wildman–Crippen MR) is 91.4 cm³/mol. The van der Waals surface area contributed by atoms with Crippen LogP contribution in [0.25, 0.3) is 0 Å². The second-order valence-corrected chi connectivity index (χ2v) is 4.83. The topological polar surface area (TPSA) is 42.8 Å². The van der Waals surface area contributed by atoms with Crippen molar-refractivity contribution >= 4 is 23.5 Å². The average molecular weight is 319 g/mol. The maximum Gasteiger partial charge on any atom is 0.162 e. The first kappa shape index (κ1) is 16.2. The number of hydrazone groups is 1. The SMILES string of the molecule is CCOc1cc(Cl)c(C=NNc2ccccc2)cc1OCC. The third kappa shape index (κ3) is 4.40. The van der Waals surface area contributed by atoms with Crippen LogP contribution in [0.1, 0.15) is 19.4 Å². The molecule has 0 aliphatic rings. The van der Waals surface area contributed by atoms with E-state index in [4.69, 9.17) is 21.1 Å². The quantitative estimate of drug-likeness (QED) is 0.600. The highest BCUT2D eigenvalue weighted by Crippen LogP contribution is 2.33. The van der Waals surface area contributed by atoms with E-state index in [2.05, 4.69) is 10.5 Å². The molecule has 0 unspecified atom stereocenters. The lowest BCUT2D eigenvalue weighted by Gasteiger charge is -2.12. The van der Waals surface area contributed by atoms with E-state index in [-0.39, 0.29) is 0 Å². The summed E-state index contributed by atoms with van der Waals surface area (Å²) in [6.45, 7) is 4.96. The maximum absolute atomic E-state index is 6.26. The Morgan fingerprint density at radius 3 is 2.32 bits per heavy atom. The van der Waals surface area contributed by atoms with E-state index in [1.165, 1.54) is 0 Å². The van der Waals surface area contributed by atoms with Gasteiger partial charge in [0, 0.05) is 11.6 Å². The molecule has 0 radical (unpaired) electrons. The third-order valence-corrected chi connectivity index (χ3v) is 3.16. The lowest BCUT2D eigenvalue weighted by molar-refractivity contribution is 0.288. The number of halogens is 1. The van der Waals surface area contributed by atoms with Crippen LogP contribution in [0, 0.1) is 0 Å². The van der Waals surface area contributed by atoms with Gasteiger partial charge in [-0.3, -0.25) is 5.43 Å². The summed E-state index contributed by atoms with van der Waals surface area (Å²) in [4.78, 5) is 0. The first-order valence-electron chi connectivity index (χ1n) is 7.17. The van der Waals surface area contributed by atoms with Crippen LogP contribution < -0.4 is 14.9 Å². The molecule has 116 valence electrons. The summed E-state index contributed by atoms with van der Waals surface area (Å²) in [6.07, 6.45) is 1.66. The van der Waals surface area contributed by atoms with Crippen molar-refractivity contribution in [2.45, 2.75) is 13.8 Å². The zero-order valence-electron chi connectivity index (χ0n) is 12.7. The van der Waals surface area contributed by atoms with E-state index in [9.17, 15) is 0 Å². The fraction of sp³-hybridized carbons (Fsp3) is 0.235. The minimum absolute atomic E-state index is 0.555. The van der Waals surface area contributed by atoms with Crippen molar-refractivity contribution in [2.24, 2.45) is 5.10 Å². The monoisotopic (exact) mass is 318 g/mol. The summed E-state index contributed by atoms with van der Waals surface area (Å²) in [5, 5.41) is 4.75. The Balaban J connectivity index is 2.17. The van der Waals surface area contributed by atoms with Gasteiger partial charge in [-0.05, 0) is 32.0 Å². The molecule has 0 bridgehead atoms. The van der Waals surface area contributed by atoms with Gasteiger partial charge in [0.1, 0.15) is 0 Å². The van der Waals surface area contributed by atoms with Gasteiger partial charge in [0.25, 0.3) is 0 Å². The van der Waals surface area contributed by atoms with Crippen LogP contribution in [-0.4, -0.2) is 19.4 Å². The largest absolute Gasteiger partial charge is 0.490 e. The number of nitrogens with zero attached hydrogens (tertiary/aromatic N) is 1. The van der Waals surface area contributed by atoms with Gasteiger partial charge in [0.15, 0.2) is 11.5 Å². The molecule has 5 heteroatoms. The highest BCUT2D eigenvalue weighted by molar-refractivity contribution is 6.33. The summed E-state index contributed by atoms with van der Waals surface area (Å²) in [5.74, 6) is 1.30. The molecule has 0 aliphatic carbocycles. The van der Waals surface area contributed by atoms with Crippen LogP contribution in [0.2, 0.25) is 5.02 Å². The first-order valence-corrected chi connectivity index (χ1v) is 7.55. The van der Waals surface area contributed by atoms with E-state index in [1.54, 1.807) is 12.3 Å². The summed E-state index contributed by atoms with van der Waals surface area (Å²) < 4.78 is 11.1. The number of benzene rings is 2.